The Hall–Kier alpha value is -2.43. The minimum atomic E-state index is 0.147. The lowest BCUT2D eigenvalue weighted by Gasteiger charge is -2.18. The fraction of sp³-hybridized carbons (Fsp3) is 0.542. The van der Waals surface area contributed by atoms with E-state index in [2.05, 4.69) is 33.9 Å². The van der Waals surface area contributed by atoms with Gasteiger partial charge >= 0.3 is 0 Å². The quantitative estimate of drug-likeness (QED) is 0.671. The monoisotopic (exact) mass is 393 g/mol. The Morgan fingerprint density at radius 1 is 1.14 bits per heavy atom. The van der Waals surface area contributed by atoms with E-state index in [0.717, 1.165) is 31.2 Å². The largest absolute Gasteiger partial charge is 0.489 e. The first-order chi connectivity index (χ1) is 14.1. The summed E-state index contributed by atoms with van der Waals surface area (Å²) in [4.78, 5) is 22.8. The van der Waals surface area contributed by atoms with E-state index < -0.39 is 0 Å². The summed E-state index contributed by atoms with van der Waals surface area (Å²) >= 11 is 0. The third kappa shape index (κ3) is 4.95. The highest BCUT2D eigenvalue weighted by Gasteiger charge is 2.26. The topological polar surface area (TPSA) is 55.3 Å². The number of nitrogens with zero attached hydrogens (tertiary/aromatic N) is 3. The van der Waals surface area contributed by atoms with Crippen LogP contribution in [0.1, 0.15) is 75.3 Å². The molecular formula is C24H31N3O2. The van der Waals surface area contributed by atoms with Crippen LogP contribution in [0.15, 0.2) is 36.7 Å². The predicted molar refractivity (Wildman–Crippen MR) is 115 cm³/mol. The first-order valence-corrected chi connectivity index (χ1v) is 10.9. The summed E-state index contributed by atoms with van der Waals surface area (Å²) in [7, 11) is 0. The molecule has 1 aliphatic carbocycles. The molecule has 1 saturated carbocycles. The molecule has 1 aromatic heterocycles. The first-order valence-electron chi connectivity index (χ1n) is 10.9. The number of anilines is 1. The maximum atomic E-state index is 11.3. The molecule has 2 aromatic rings. The smallest absolute Gasteiger partial charge is 0.225 e. The number of ether oxygens (including phenoxy) is 1. The lowest BCUT2D eigenvalue weighted by Crippen LogP contribution is -2.26. The Labute approximate surface area is 173 Å². The van der Waals surface area contributed by atoms with E-state index in [-0.39, 0.29) is 17.8 Å². The summed E-state index contributed by atoms with van der Waals surface area (Å²) in [6, 6.07) is 8.17. The van der Waals surface area contributed by atoms with E-state index in [1.807, 2.05) is 24.5 Å². The number of hydrogen-bond donors (Lipinski definition) is 0. The molecule has 2 atom stereocenters. The van der Waals surface area contributed by atoms with Crippen molar-refractivity contribution in [3.8, 4) is 5.75 Å². The summed E-state index contributed by atoms with van der Waals surface area (Å²) in [5.74, 6) is 2.81. The fourth-order valence-corrected chi connectivity index (χ4v) is 4.59. The lowest BCUT2D eigenvalue weighted by atomic mass is 9.96. The number of benzene rings is 1. The van der Waals surface area contributed by atoms with Gasteiger partial charge in [-0.2, -0.15) is 0 Å². The Bertz CT molecular complexity index is 813. The standard InChI is InChI=1S/C24H31N3O2/c1-17(13-18(2)28)19-7-9-22(10-8-19)29-23-11-12-27(16-23)24-25-14-21(15-26-24)20-5-3-4-6-20/h7-10,14-15,17,20,23H,3-6,11-13,16H2,1-2H3/t17-,23-/m1/s1. The van der Waals surface area contributed by atoms with Crippen LogP contribution < -0.4 is 9.64 Å². The van der Waals surface area contributed by atoms with Crippen molar-refractivity contribution >= 4 is 11.7 Å². The maximum absolute atomic E-state index is 11.3. The van der Waals surface area contributed by atoms with Crippen LogP contribution in [0.25, 0.3) is 0 Å². The zero-order valence-corrected chi connectivity index (χ0v) is 17.5. The van der Waals surface area contributed by atoms with Crippen LogP contribution in [-0.4, -0.2) is 34.9 Å². The molecule has 5 heteroatoms. The third-order valence-electron chi connectivity index (χ3n) is 6.26. The van der Waals surface area contributed by atoms with Gasteiger partial charge in [0.2, 0.25) is 5.95 Å². The summed E-state index contributed by atoms with van der Waals surface area (Å²) in [5, 5.41) is 0. The average molecular weight is 394 g/mol. The van der Waals surface area contributed by atoms with Crippen LogP contribution in [0.4, 0.5) is 5.95 Å². The number of Topliss-reactive ketones (excluding diaryl/α,β-unsaturated/α-hetero) is 1. The van der Waals surface area contributed by atoms with Gasteiger partial charge in [-0.25, -0.2) is 9.97 Å². The fourth-order valence-electron chi connectivity index (χ4n) is 4.59. The van der Waals surface area contributed by atoms with Gasteiger partial charge in [-0.1, -0.05) is 31.9 Å². The number of rotatable bonds is 7. The van der Waals surface area contributed by atoms with Crippen LogP contribution in [0, 0.1) is 0 Å². The number of aromatic nitrogens is 2. The van der Waals surface area contributed by atoms with E-state index in [4.69, 9.17) is 4.74 Å². The minimum Gasteiger partial charge on any atom is -0.489 e. The maximum Gasteiger partial charge on any atom is 0.225 e. The molecule has 5 nitrogen and oxygen atoms in total. The van der Waals surface area contributed by atoms with E-state index in [1.54, 1.807) is 6.92 Å². The second-order valence-electron chi connectivity index (χ2n) is 8.65. The highest BCUT2D eigenvalue weighted by Crippen LogP contribution is 2.33. The zero-order chi connectivity index (χ0) is 20.2. The van der Waals surface area contributed by atoms with Gasteiger partial charge in [0.25, 0.3) is 0 Å². The SMILES string of the molecule is CC(=O)C[C@@H](C)c1ccc(O[C@@H]2CCN(c3ncc(C4CCCC4)cn3)C2)cc1. The summed E-state index contributed by atoms with van der Waals surface area (Å²) in [6.07, 6.45) is 10.9. The average Bonchev–Trinajstić information content (AvgIpc) is 3.40. The van der Waals surface area contributed by atoms with Crippen molar-refractivity contribution in [2.24, 2.45) is 0 Å². The lowest BCUT2D eigenvalue weighted by molar-refractivity contribution is -0.117. The molecule has 154 valence electrons. The molecule has 2 aliphatic rings. The van der Waals surface area contributed by atoms with Gasteiger partial charge in [0, 0.05) is 31.8 Å². The third-order valence-corrected chi connectivity index (χ3v) is 6.26. The normalized spacial score (nSPS) is 20.8. The molecule has 1 aromatic carbocycles. The Balaban J connectivity index is 1.31. The molecule has 0 amide bonds. The van der Waals surface area contributed by atoms with Crippen LogP contribution in [0.2, 0.25) is 0 Å². The van der Waals surface area contributed by atoms with E-state index in [0.29, 0.717) is 12.3 Å². The Morgan fingerprint density at radius 2 is 1.83 bits per heavy atom. The number of carbonyl (C=O) groups excluding carboxylic acids is 1. The molecule has 2 fully saturated rings. The molecule has 0 N–H and O–H groups in total. The Morgan fingerprint density at radius 3 is 2.48 bits per heavy atom. The molecule has 1 aliphatic heterocycles. The predicted octanol–water partition coefficient (Wildman–Crippen LogP) is 4.87. The highest BCUT2D eigenvalue weighted by atomic mass is 16.5. The van der Waals surface area contributed by atoms with Gasteiger partial charge < -0.3 is 14.4 Å². The molecule has 0 spiro atoms. The zero-order valence-electron chi connectivity index (χ0n) is 17.5. The van der Waals surface area contributed by atoms with Gasteiger partial charge in [-0.05, 0) is 54.9 Å². The van der Waals surface area contributed by atoms with Crippen molar-refractivity contribution in [2.45, 2.75) is 70.3 Å². The van der Waals surface area contributed by atoms with Crippen LogP contribution in [-0.2, 0) is 4.79 Å². The summed E-state index contributed by atoms with van der Waals surface area (Å²) in [6.45, 7) is 5.46. The molecule has 2 heterocycles. The van der Waals surface area contributed by atoms with Gasteiger partial charge in [0.05, 0.1) is 6.54 Å². The van der Waals surface area contributed by atoms with E-state index in [9.17, 15) is 4.79 Å². The van der Waals surface area contributed by atoms with Crippen molar-refractivity contribution in [2.75, 3.05) is 18.0 Å². The first kappa shape index (κ1) is 19.9. The van der Waals surface area contributed by atoms with Gasteiger partial charge in [-0.3, -0.25) is 0 Å². The molecular weight excluding hydrogens is 362 g/mol. The van der Waals surface area contributed by atoms with E-state index in [1.165, 1.54) is 36.8 Å². The van der Waals surface area contributed by atoms with Crippen molar-refractivity contribution in [3.63, 3.8) is 0 Å². The van der Waals surface area contributed by atoms with Crippen LogP contribution in [0.5, 0.6) is 5.75 Å². The summed E-state index contributed by atoms with van der Waals surface area (Å²) < 4.78 is 6.18. The van der Waals surface area contributed by atoms with Gasteiger partial charge in [0.15, 0.2) is 0 Å². The molecule has 1 saturated heterocycles. The highest BCUT2D eigenvalue weighted by molar-refractivity contribution is 5.76. The second kappa shape index (κ2) is 8.93. The molecule has 29 heavy (non-hydrogen) atoms. The molecule has 0 unspecified atom stereocenters. The molecule has 4 rings (SSSR count). The Kier molecular flexibility index (Phi) is 6.12. The molecule has 0 radical (unpaired) electrons. The summed E-state index contributed by atoms with van der Waals surface area (Å²) in [5.41, 5.74) is 2.47. The van der Waals surface area contributed by atoms with Crippen LogP contribution >= 0.6 is 0 Å². The number of hydrogen-bond acceptors (Lipinski definition) is 5. The van der Waals surface area contributed by atoms with Crippen LogP contribution in [0.3, 0.4) is 0 Å². The molecule has 0 bridgehead atoms. The van der Waals surface area contributed by atoms with Gasteiger partial charge in [0.1, 0.15) is 17.6 Å². The van der Waals surface area contributed by atoms with Gasteiger partial charge in [-0.15, -0.1) is 0 Å². The second-order valence-corrected chi connectivity index (χ2v) is 8.65. The number of ketones is 1. The minimum absolute atomic E-state index is 0.147. The van der Waals surface area contributed by atoms with Crippen molar-refractivity contribution < 1.29 is 9.53 Å². The van der Waals surface area contributed by atoms with Crippen molar-refractivity contribution in [1.29, 1.82) is 0 Å². The van der Waals surface area contributed by atoms with Crippen molar-refractivity contribution in [3.05, 3.63) is 47.8 Å². The number of carbonyl (C=O) groups is 1. The van der Waals surface area contributed by atoms with E-state index >= 15 is 0 Å². The van der Waals surface area contributed by atoms with Crippen molar-refractivity contribution in [1.82, 2.24) is 9.97 Å².